The van der Waals surface area contributed by atoms with Gasteiger partial charge in [0.05, 0.1) is 10.7 Å². The Morgan fingerprint density at radius 2 is 1.96 bits per heavy atom. The number of hydrogen-bond acceptors (Lipinski definition) is 5. The standard InChI is InChI=1S/C17H13ClN4O2/c18-13-3-1-2-4-14(13)22-10-12(9-15(22)23)16-20-17(24-21-16)11-5-7-19-8-6-11/h1-8,12H,9-10H2. The minimum atomic E-state index is -0.117. The van der Waals surface area contributed by atoms with E-state index >= 15 is 0 Å². The van der Waals surface area contributed by atoms with Crippen LogP contribution in [0.2, 0.25) is 5.02 Å². The lowest BCUT2D eigenvalue weighted by molar-refractivity contribution is -0.117. The van der Waals surface area contributed by atoms with Crippen molar-refractivity contribution in [2.45, 2.75) is 12.3 Å². The topological polar surface area (TPSA) is 72.1 Å². The van der Waals surface area contributed by atoms with E-state index in [4.69, 9.17) is 16.1 Å². The number of rotatable bonds is 3. The fourth-order valence-electron chi connectivity index (χ4n) is 2.80. The highest BCUT2D eigenvalue weighted by Gasteiger charge is 2.35. The summed E-state index contributed by atoms with van der Waals surface area (Å²) in [6.07, 6.45) is 3.66. The summed E-state index contributed by atoms with van der Waals surface area (Å²) in [5.74, 6) is 0.845. The molecule has 120 valence electrons. The van der Waals surface area contributed by atoms with E-state index < -0.39 is 0 Å². The number of para-hydroxylation sites is 1. The van der Waals surface area contributed by atoms with Crippen molar-refractivity contribution in [3.8, 4) is 11.5 Å². The Bertz CT molecular complexity index is 881. The molecule has 7 heteroatoms. The van der Waals surface area contributed by atoms with Gasteiger partial charge < -0.3 is 9.42 Å². The first-order chi connectivity index (χ1) is 11.7. The molecule has 1 atom stereocenters. The number of carbonyl (C=O) groups is 1. The van der Waals surface area contributed by atoms with Crippen LogP contribution in [0, 0.1) is 0 Å². The van der Waals surface area contributed by atoms with Crippen LogP contribution in [-0.2, 0) is 4.79 Å². The van der Waals surface area contributed by atoms with Gasteiger partial charge in [-0.1, -0.05) is 28.9 Å². The Kier molecular flexibility index (Phi) is 3.74. The number of amides is 1. The van der Waals surface area contributed by atoms with Gasteiger partial charge in [-0.15, -0.1) is 0 Å². The first-order valence-corrected chi connectivity index (χ1v) is 7.89. The molecule has 24 heavy (non-hydrogen) atoms. The zero-order valence-electron chi connectivity index (χ0n) is 12.6. The summed E-state index contributed by atoms with van der Waals surface area (Å²) in [7, 11) is 0. The Morgan fingerprint density at radius 1 is 1.17 bits per heavy atom. The first-order valence-electron chi connectivity index (χ1n) is 7.51. The number of hydrogen-bond donors (Lipinski definition) is 0. The van der Waals surface area contributed by atoms with Crippen molar-refractivity contribution in [2.75, 3.05) is 11.4 Å². The molecular weight excluding hydrogens is 328 g/mol. The van der Waals surface area contributed by atoms with Crippen LogP contribution in [0.1, 0.15) is 18.2 Å². The van der Waals surface area contributed by atoms with Gasteiger partial charge in [0.1, 0.15) is 0 Å². The highest BCUT2D eigenvalue weighted by atomic mass is 35.5. The van der Waals surface area contributed by atoms with Crippen LogP contribution >= 0.6 is 11.6 Å². The van der Waals surface area contributed by atoms with Crippen molar-refractivity contribution in [2.24, 2.45) is 0 Å². The van der Waals surface area contributed by atoms with Gasteiger partial charge in [-0.3, -0.25) is 9.78 Å². The smallest absolute Gasteiger partial charge is 0.258 e. The summed E-state index contributed by atoms with van der Waals surface area (Å²) in [5.41, 5.74) is 1.51. The van der Waals surface area contributed by atoms with E-state index in [9.17, 15) is 4.79 Å². The molecule has 1 aliphatic heterocycles. The second kappa shape index (κ2) is 6.05. The SMILES string of the molecule is O=C1CC(c2noc(-c3ccncc3)n2)CN1c1ccccc1Cl. The number of pyridine rings is 1. The van der Waals surface area contributed by atoms with Gasteiger partial charge in [0.15, 0.2) is 5.82 Å². The number of benzene rings is 1. The molecule has 1 amide bonds. The summed E-state index contributed by atoms with van der Waals surface area (Å²) in [6.45, 7) is 0.484. The Balaban J connectivity index is 1.58. The lowest BCUT2D eigenvalue weighted by Gasteiger charge is -2.17. The van der Waals surface area contributed by atoms with Crippen molar-refractivity contribution in [1.29, 1.82) is 0 Å². The second-order valence-corrected chi connectivity index (χ2v) is 5.96. The summed E-state index contributed by atoms with van der Waals surface area (Å²) in [5, 5.41) is 4.59. The molecule has 0 N–H and O–H groups in total. The largest absolute Gasteiger partial charge is 0.334 e. The predicted octanol–water partition coefficient (Wildman–Crippen LogP) is 3.31. The fourth-order valence-corrected chi connectivity index (χ4v) is 3.03. The van der Waals surface area contributed by atoms with E-state index in [1.165, 1.54) is 0 Å². The number of aromatic nitrogens is 3. The van der Waals surface area contributed by atoms with E-state index in [1.807, 2.05) is 18.2 Å². The van der Waals surface area contributed by atoms with Gasteiger partial charge in [-0.2, -0.15) is 4.98 Å². The molecule has 2 aromatic heterocycles. The lowest BCUT2D eigenvalue weighted by atomic mass is 10.1. The van der Waals surface area contributed by atoms with Gasteiger partial charge >= 0.3 is 0 Å². The number of carbonyl (C=O) groups excluding carboxylic acids is 1. The fraction of sp³-hybridized carbons (Fsp3) is 0.176. The summed E-state index contributed by atoms with van der Waals surface area (Å²) in [4.78, 5) is 22.4. The van der Waals surface area contributed by atoms with Gasteiger partial charge in [0.2, 0.25) is 5.91 Å². The maximum Gasteiger partial charge on any atom is 0.258 e. The molecule has 3 heterocycles. The Hall–Kier alpha value is -2.73. The Morgan fingerprint density at radius 3 is 2.75 bits per heavy atom. The highest BCUT2D eigenvalue weighted by molar-refractivity contribution is 6.33. The maximum absolute atomic E-state index is 12.4. The number of halogens is 1. The first kappa shape index (κ1) is 14.8. The highest BCUT2D eigenvalue weighted by Crippen LogP contribution is 2.34. The van der Waals surface area contributed by atoms with Crippen LogP contribution < -0.4 is 4.90 Å². The van der Waals surface area contributed by atoms with Crippen LogP contribution in [0.3, 0.4) is 0 Å². The van der Waals surface area contributed by atoms with Gasteiger partial charge in [0, 0.05) is 36.8 Å². The normalized spacial score (nSPS) is 17.5. The molecule has 0 bridgehead atoms. The van der Waals surface area contributed by atoms with E-state index in [0.29, 0.717) is 35.4 Å². The van der Waals surface area contributed by atoms with Crippen LogP contribution in [0.4, 0.5) is 5.69 Å². The monoisotopic (exact) mass is 340 g/mol. The van der Waals surface area contributed by atoms with Gasteiger partial charge in [-0.25, -0.2) is 0 Å². The average molecular weight is 341 g/mol. The van der Waals surface area contributed by atoms with Crippen LogP contribution in [0.5, 0.6) is 0 Å². The second-order valence-electron chi connectivity index (χ2n) is 5.55. The third-order valence-corrected chi connectivity index (χ3v) is 4.32. The zero-order chi connectivity index (χ0) is 16.5. The number of nitrogens with zero attached hydrogens (tertiary/aromatic N) is 4. The maximum atomic E-state index is 12.4. The Labute approximate surface area is 143 Å². The van der Waals surface area contributed by atoms with Crippen molar-refractivity contribution in [1.82, 2.24) is 15.1 Å². The predicted molar refractivity (Wildman–Crippen MR) is 88.7 cm³/mol. The average Bonchev–Trinajstić information content (AvgIpc) is 3.23. The molecule has 1 saturated heterocycles. The van der Waals surface area contributed by atoms with Gasteiger partial charge in [0.25, 0.3) is 5.89 Å². The van der Waals surface area contributed by atoms with E-state index in [1.54, 1.807) is 35.5 Å². The molecule has 0 saturated carbocycles. The molecule has 6 nitrogen and oxygen atoms in total. The summed E-state index contributed by atoms with van der Waals surface area (Å²) in [6, 6.07) is 10.9. The molecule has 1 unspecified atom stereocenters. The minimum Gasteiger partial charge on any atom is -0.334 e. The summed E-state index contributed by atoms with van der Waals surface area (Å²) < 4.78 is 5.32. The van der Waals surface area contributed by atoms with E-state index in [-0.39, 0.29) is 11.8 Å². The molecule has 1 fully saturated rings. The molecule has 3 aromatic rings. The van der Waals surface area contributed by atoms with Crippen molar-refractivity contribution >= 4 is 23.2 Å². The third-order valence-electron chi connectivity index (χ3n) is 4.00. The molecule has 4 rings (SSSR count). The third kappa shape index (κ3) is 2.65. The minimum absolute atomic E-state index is 0.00311. The quantitative estimate of drug-likeness (QED) is 0.731. The van der Waals surface area contributed by atoms with E-state index in [2.05, 4.69) is 15.1 Å². The van der Waals surface area contributed by atoms with Crippen LogP contribution in [0.15, 0.2) is 53.3 Å². The molecule has 1 aromatic carbocycles. The molecular formula is C17H13ClN4O2. The van der Waals surface area contributed by atoms with Crippen molar-refractivity contribution in [3.05, 3.63) is 59.6 Å². The van der Waals surface area contributed by atoms with E-state index in [0.717, 1.165) is 5.56 Å². The molecule has 1 aliphatic rings. The molecule has 0 spiro atoms. The van der Waals surface area contributed by atoms with Crippen LogP contribution in [-0.4, -0.2) is 27.6 Å². The van der Waals surface area contributed by atoms with Crippen molar-refractivity contribution in [3.63, 3.8) is 0 Å². The molecule has 0 aliphatic carbocycles. The lowest BCUT2D eigenvalue weighted by Crippen LogP contribution is -2.24. The number of anilines is 1. The van der Waals surface area contributed by atoms with Gasteiger partial charge in [-0.05, 0) is 24.3 Å². The zero-order valence-corrected chi connectivity index (χ0v) is 13.3. The van der Waals surface area contributed by atoms with Crippen molar-refractivity contribution < 1.29 is 9.32 Å². The molecule has 0 radical (unpaired) electrons. The van der Waals surface area contributed by atoms with Crippen LogP contribution in [0.25, 0.3) is 11.5 Å². The summed E-state index contributed by atoms with van der Waals surface area (Å²) >= 11 is 6.20.